The van der Waals surface area contributed by atoms with Crippen LogP contribution < -0.4 is 0 Å². The minimum absolute atomic E-state index is 0.0220. The molecule has 1 aliphatic rings. The average molecular weight is 512 g/mol. The third-order valence-electron chi connectivity index (χ3n) is 5.91. The van der Waals surface area contributed by atoms with Gasteiger partial charge in [-0.3, -0.25) is 4.79 Å². The van der Waals surface area contributed by atoms with Crippen LogP contribution in [-0.4, -0.2) is 12.0 Å². The summed E-state index contributed by atoms with van der Waals surface area (Å²) in [6.07, 6.45) is 1.09. The SMILES string of the molecule is O=C(CCc1ccc(/C=C/C(c2cc(Cl)c(Cl)c(Cl)c2)C(F)(F)F)c2ccccc12)C1CC1. The molecule has 0 heterocycles. The Bertz CT molecular complexity index is 1210. The third kappa shape index (κ3) is 5.56. The molecule has 0 spiro atoms. The van der Waals surface area contributed by atoms with E-state index in [1.165, 1.54) is 18.2 Å². The van der Waals surface area contributed by atoms with Gasteiger partial charge in [0.1, 0.15) is 5.78 Å². The summed E-state index contributed by atoms with van der Waals surface area (Å²) in [4.78, 5) is 12.1. The molecule has 33 heavy (non-hydrogen) atoms. The maximum atomic E-state index is 13.9. The number of carbonyl (C=O) groups is 1. The Morgan fingerprint density at radius 1 is 1.00 bits per heavy atom. The Hall–Kier alpha value is -2.01. The van der Waals surface area contributed by atoms with Crippen LogP contribution in [0.15, 0.2) is 54.6 Å². The van der Waals surface area contributed by atoms with Crippen molar-refractivity contribution < 1.29 is 18.0 Å². The van der Waals surface area contributed by atoms with Gasteiger partial charge in [-0.25, -0.2) is 0 Å². The van der Waals surface area contributed by atoms with E-state index in [2.05, 4.69) is 0 Å². The number of fused-ring (bicyclic) bond motifs is 1. The molecule has 1 saturated carbocycles. The number of halogens is 6. The molecule has 0 aliphatic heterocycles. The molecule has 1 aliphatic carbocycles. The number of ketones is 1. The lowest BCUT2D eigenvalue weighted by atomic mass is 9.93. The Morgan fingerprint density at radius 2 is 1.64 bits per heavy atom. The molecule has 0 aromatic heterocycles. The lowest BCUT2D eigenvalue weighted by Crippen LogP contribution is -2.19. The van der Waals surface area contributed by atoms with Crippen LogP contribution in [0.3, 0.4) is 0 Å². The van der Waals surface area contributed by atoms with E-state index < -0.39 is 12.1 Å². The van der Waals surface area contributed by atoms with Crippen molar-refractivity contribution in [1.29, 1.82) is 0 Å². The number of alkyl halides is 3. The van der Waals surface area contributed by atoms with Crippen LogP contribution in [0.4, 0.5) is 13.2 Å². The number of aryl methyl sites for hydroxylation is 1. The molecule has 0 amide bonds. The fourth-order valence-corrected chi connectivity index (χ4v) is 4.59. The van der Waals surface area contributed by atoms with Gasteiger partial charge in [0.25, 0.3) is 0 Å². The zero-order valence-corrected chi connectivity index (χ0v) is 19.7. The van der Waals surface area contributed by atoms with E-state index >= 15 is 0 Å². The topological polar surface area (TPSA) is 17.1 Å². The van der Waals surface area contributed by atoms with Crippen LogP contribution in [-0.2, 0) is 11.2 Å². The van der Waals surface area contributed by atoms with Gasteiger partial charge in [0.2, 0.25) is 0 Å². The first-order chi connectivity index (χ1) is 15.6. The van der Waals surface area contributed by atoms with Gasteiger partial charge in [0, 0.05) is 12.3 Å². The molecular formula is C26H20Cl3F3O. The highest BCUT2D eigenvalue weighted by Crippen LogP contribution is 2.41. The van der Waals surface area contributed by atoms with E-state index in [0.29, 0.717) is 18.4 Å². The van der Waals surface area contributed by atoms with E-state index in [1.807, 2.05) is 30.3 Å². The summed E-state index contributed by atoms with van der Waals surface area (Å²) < 4.78 is 41.7. The highest BCUT2D eigenvalue weighted by atomic mass is 35.5. The zero-order chi connectivity index (χ0) is 23.8. The first-order valence-corrected chi connectivity index (χ1v) is 11.7. The molecule has 1 fully saturated rings. The second-order valence-electron chi connectivity index (χ2n) is 8.28. The summed E-state index contributed by atoms with van der Waals surface area (Å²) in [6.45, 7) is 0. The molecule has 1 unspecified atom stereocenters. The van der Waals surface area contributed by atoms with Crippen LogP contribution in [0.2, 0.25) is 15.1 Å². The second-order valence-corrected chi connectivity index (χ2v) is 9.47. The number of allylic oxidation sites excluding steroid dienone is 1. The van der Waals surface area contributed by atoms with E-state index in [9.17, 15) is 18.0 Å². The lowest BCUT2D eigenvalue weighted by Gasteiger charge is -2.18. The molecule has 1 atom stereocenters. The third-order valence-corrected chi connectivity index (χ3v) is 7.10. The van der Waals surface area contributed by atoms with Gasteiger partial charge >= 0.3 is 6.18 Å². The number of Topliss-reactive ketones (excluding diaryl/α,β-unsaturated/α-hetero) is 1. The quantitative estimate of drug-likeness (QED) is 0.289. The van der Waals surface area contributed by atoms with Crippen molar-refractivity contribution in [3.8, 4) is 0 Å². The van der Waals surface area contributed by atoms with E-state index in [4.69, 9.17) is 34.8 Å². The van der Waals surface area contributed by atoms with Crippen LogP contribution in [0.25, 0.3) is 16.8 Å². The van der Waals surface area contributed by atoms with Gasteiger partial charge in [-0.1, -0.05) is 83.4 Å². The number of hydrogen-bond acceptors (Lipinski definition) is 1. The molecule has 4 rings (SSSR count). The molecule has 3 aromatic rings. The molecule has 3 aromatic carbocycles. The summed E-state index contributed by atoms with van der Waals surface area (Å²) >= 11 is 17.8. The molecule has 0 saturated heterocycles. The number of benzene rings is 3. The lowest BCUT2D eigenvalue weighted by molar-refractivity contribution is -0.139. The molecule has 0 N–H and O–H groups in total. The van der Waals surface area contributed by atoms with Gasteiger partial charge < -0.3 is 0 Å². The van der Waals surface area contributed by atoms with Crippen molar-refractivity contribution in [1.82, 2.24) is 0 Å². The number of carbonyl (C=O) groups excluding carboxylic acids is 1. The van der Waals surface area contributed by atoms with Crippen molar-refractivity contribution in [2.45, 2.75) is 37.8 Å². The monoisotopic (exact) mass is 510 g/mol. The standard InChI is InChI=1S/C26H20Cl3F3O/c27-22-13-18(14-23(28)25(22)29)21(26(30,31)32)11-9-15-5-6-16(10-12-24(33)17-7-8-17)20-4-2-1-3-19(15)20/h1-6,9,11,13-14,17,21H,7-8,10,12H2/b11-9+. The van der Waals surface area contributed by atoms with Crippen molar-refractivity contribution in [3.05, 3.63) is 86.4 Å². The summed E-state index contributed by atoms with van der Waals surface area (Å²) in [6, 6.07) is 13.6. The van der Waals surface area contributed by atoms with E-state index in [1.54, 1.807) is 6.07 Å². The molecule has 7 heteroatoms. The predicted octanol–water partition coefficient (Wildman–Crippen LogP) is 9.07. The largest absolute Gasteiger partial charge is 0.399 e. The van der Waals surface area contributed by atoms with Crippen LogP contribution in [0.1, 0.15) is 41.9 Å². The fourth-order valence-electron chi connectivity index (χ4n) is 3.98. The maximum Gasteiger partial charge on any atom is 0.399 e. The first kappa shape index (κ1) is 24.1. The summed E-state index contributed by atoms with van der Waals surface area (Å²) in [7, 11) is 0. The highest BCUT2D eigenvalue weighted by Gasteiger charge is 2.39. The smallest absolute Gasteiger partial charge is 0.299 e. The van der Waals surface area contributed by atoms with E-state index in [0.717, 1.165) is 35.3 Å². The highest BCUT2D eigenvalue weighted by molar-refractivity contribution is 6.48. The Morgan fingerprint density at radius 3 is 2.24 bits per heavy atom. The summed E-state index contributed by atoms with van der Waals surface area (Å²) in [5.41, 5.74) is 1.58. The van der Waals surface area contributed by atoms with Gasteiger partial charge in [-0.15, -0.1) is 0 Å². The molecule has 1 nitrogen and oxygen atoms in total. The molecule has 0 bridgehead atoms. The predicted molar refractivity (Wildman–Crippen MR) is 129 cm³/mol. The first-order valence-electron chi connectivity index (χ1n) is 10.6. The Kier molecular flexibility index (Phi) is 7.09. The summed E-state index contributed by atoms with van der Waals surface area (Å²) in [5, 5.41) is 1.73. The number of rotatable bonds is 7. The van der Waals surface area contributed by atoms with Crippen LogP contribution in [0, 0.1) is 5.92 Å². The van der Waals surface area contributed by atoms with Gasteiger partial charge in [0.05, 0.1) is 21.0 Å². The van der Waals surface area contributed by atoms with Gasteiger partial charge in [0.15, 0.2) is 0 Å². The molecular weight excluding hydrogens is 492 g/mol. The molecule has 172 valence electrons. The Labute approximate surface area is 205 Å². The van der Waals surface area contributed by atoms with Crippen molar-refractivity contribution >= 4 is 57.4 Å². The minimum atomic E-state index is -4.55. The molecule has 0 radical (unpaired) electrons. The van der Waals surface area contributed by atoms with Crippen molar-refractivity contribution in [2.24, 2.45) is 5.92 Å². The van der Waals surface area contributed by atoms with Crippen LogP contribution >= 0.6 is 34.8 Å². The van der Waals surface area contributed by atoms with Gasteiger partial charge in [-0.05, 0) is 58.9 Å². The average Bonchev–Trinajstić information content (AvgIpc) is 3.61. The van der Waals surface area contributed by atoms with Gasteiger partial charge in [-0.2, -0.15) is 13.2 Å². The normalized spacial score (nSPS) is 15.3. The van der Waals surface area contributed by atoms with Crippen molar-refractivity contribution in [2.75, 3.05) is 0 Å². The van der Waals surface area contributed by atoms with E-state index in [-0.39, 0.29) is 32.3 Å². The van der Waals surface area contributed by atoms with Crippen molar-refractivity contribution in [3.63, 3.8) is 0 Å². The second kappa shape index (κ2) is 9.69. The minimum Gasteiger partial charge on any atom is -0.299 e. The maximum absolute atomic E-state index is 13.9. The fraction of sp³-hybridized carbons (Fsp3) is 0.269. The van der Waals surface area contributed by atoms with Crippen LogP contribution in [0.5, 0.6) is 0 Å². The zero-order valence-electron chi connectivity index (χ0n) is 17.4. The Balaban J connectivity index is 1.67. The summed E-state index contributed by atoms with van der Waals surface area (Å²) in [5.74, 6) is -1.40. The number of hydrogen-bond donors (Lipinski definition) is 0.